The first-order chi connectivity index (χ1) is 12.7. The van der Waals surface area contributed by atoms with E-state index in [1.165, 1.54) is 0 Å². The quantitative estimate of drug-likeness (QED) is 0.700. The van der Waals surface area contributed by atoms with Gasteiger partial charge in [-0.1, -0.05) is 37.3 Å². The smallest absolute Gasteiger partial charge is 0.368 e. The highest BCUT2D eigenvalue weighted by Crippen LogP contribution is 2.23. The number of carbonyl (C=O) groups is 1. The molecule has 26 heavy (non-hydrogen) atoms. The summed E-state index contributed by atoms with van der Waals surface area (Å²) >= 11 is 0. The maximum Gasteiger partial charge on any atom is 0.368 e. The monoisotopic (exact) mass is 353 g/mol. The van der Waals surface area contributed by atoms with Crippen molar-refractivity contribution >= 4 is 11.6 Å². The Hall–Kier alpha value is -3.42. The summed E-state index contributed by atoms with van der Waals surface area (Å²) in [7, 11) is 0. The molecule has 8 nitrogen and oxygen atoms in total. The second-order valence-electron chi connectivity index (χ2n) is 5.56. The van der Waals surface area contributed by atoms with Crippen molar-refractivity contribution in [2.75, 3.05) is 11.9 Å². The van der Waals surface area contributed by atoms with E-state index in [1.54, 1.807) is 42.5 Å². The Kier molecular flexibility index (Phi) is 5.43. The Labute approximate surface area is 150 Å². The molecule has 0 atom stereocenters. The number of hydrogen-bond donors (Lipinski definition) is 1. The van der Waals surface area contributed by atoms with E-state index in [1.807, 2.05) is 19.1 Å². The van der Waals surface area contributed by atoms with E-state index in [0.29, 0.717) is 23.7 Å². The third-order valence-corrected chi connectivity index (χ3v) is 3.56. The zero-order valence-electron chi connectivity index (χ0n) is 14.3. The number of benzene rings is 2. The van der Waals surface area contributed by atoms with Crippen LogP contribution in [0.15, 0.2) is 59.4 Å². The van der Waals surface area contributed by atoms with E-state index in [-0.39, 0.29) is 12.5 Å². The van der Waals surface area contributed by atoms with Crippen molar-refractivity contribution in [3.63, 3.8) is 0 Å². The van der Waals surface area contributed by atoms with Gasteiger partial charge >= 0.3 is 5.69 Å². The number of ether oxygens (including phenoxy) is 1. The molecule has 0 fully saturated rings. The molecule has 134 valence electrons. The Morgan fingerprint density at radius 1 is 1.08 bits per heavy atom. The number of nitrogens with zero attached hydrogens (tertiary/aromatic N) is 4. The van der Waals surface area contributed by atoms with Crippen molar-refractivity contribution in [1.82, 2.24) is 19.8 Å². The van der Waals surface area contributed by atoms with E-state index in [9.17, 15) is 9.59 Å². The topological polar surface area (TPSA) is 91.0 Å². The lowest BCUT2D eigenvalue weighted by molar-refractivity contribution is -0.117. The van der Waals surface area contributed by atoms with E-state index >= 15 is 0 Å². The fraction of sp³-hybridized carbons (Fsp3) is 0.222. The highest BCUT2D eigenvalue weighted by molar-refractivity contribution is 5.92. The third kappa shape index (κ3) is 3.97. The lowest BCUT2D eigenvalue weighted by atomic mass is 10.3. The molecule has 0 saturated heterocycles. The minimum absolute atomic E-state index is 0.242. The van der Waals surface area contributed by atoms with Crippen LogP contribution in [0.3, 0.4) is 0 Å². The van der Waals surface area contributed by atoms with Gasteiger partial charge in [0.25, 0.3) is 0 Å². The van der Waals surface area contributed by atoms with Crippen LogP contribution in [0.5, 0.6) is 5.75 Å². The fourth-order valence-electron chi connectivity index (χ4n) is 2.34. The summed E-state index contributed by atoms with van der Waals surface area (Å²) in [5.41, 5.74) is 0.652. The van der Waals surface area contributed by atoms with Crippen LogP contribution in [0.1, 0.15) is 13.3 Å². The van der Waals surface area contributed by atoms with Crippen molar-refractivity contribution in [2.24, 2.45) is 0 Å². The molecular weight excluding hydrogens is 334 g/mol. The maximum atomic E-state index is 12.4. The van der Waals surface area contributed by atoms with E-state index in [0.717, 1.165) is 15.8 Å². The van der Waals surface area contributed by atoms with Gasteiger partial charge in [-0.2, -0.15) is 9.36 Å². The lowest BCUT2D eigenvalue weighted by Gasteiger charge is -2.11. The van der Waals surface area contributed by atoms with Crippen molar-refractivity contribution in [2.45, 2.75) is 19.9 Å². The van der Waals surface area contributed by atoms with Crippen LogP contribution in [-0.2, 0) is 11.3 Å². The minimum Gasteiger partial charge on any atom is -0.491 e. The highest BCUT2D eigenvalue weighted by atomic mass is 16.5. The third-order valence-electron chi connectivity index (χ3n) is 3.56. The second kappa shape index (κ2) is 8.11. The molecule has 2 aromatic carbocycles. The van der Waals surface area contributed by atoms with Crippen molar-refractivity contribution < 1.29 is 9.53 Å². The number of tetrazole rings is 1. The number of rotatable bonds is 7. The zero-order chi connectivity index (χ0) is 18.4. The maximum absolute atomic E-state index is 12.4. The van der Waals surface area contributed by atoms with Crippen molar-refractivity contribution in [3.05, 3.63) is 65.1 Å². The van der Waals surface area contributed by atoms with Gasteiger partial charge in [0.1, 0.15) is 12.3 Å². The molecule has 0 spiro atoms. The number of carbonyl (C=O) groups excluding carboxylic acids is 1. The molecule has 0 bridgehead atoms. The molecule has 1 N–H and O–H groups in total. The standard InChI is InChI=1S/C18H19N5O3/c1-2-12-26-16-11-7-6-10-15(16)19-17(24)13-22-18(25)23(21-20-22)14-8-4-3-5-9-14/h3-11H,2,12-13H2,1H3,(H,19,24). The van der Waals surface area contributed by atoms with Crippen LogP contribution in [0.25, 0.3) is 5.69 Å². The first kappa shape index (κ1) is 17.4. The molecule has 8 heteroatoms. The fourth-order valence-corrected chi connectivity index (χ4v) is 2.34. The van der Waals surface area contributed by atoms with Crippen LogP contribution in [0.4, 0.5) is 5.69 Å². The van der Waals surface area contributed by atoms with Gasteiger partial charge in [0.2, 0.25) is 5.91 Å². The SMILES string of the molecule is CCCOc1ccccc1NC(=O)Cn1nnn(-c2ccccc2)c1=O. The largest absolute Gasteiger partial charge is 0.491 e. The minimum atomic E-state index is -0.484. The van der Waals surface area contributed by atoms with Gasteiger partial charge in [0.15, 0.2) is 0 Å². The van der Waals surface area contributed by atoms with Crippen LogP contribution in [-0.4, -0.2) is 32.3 Å². The molecule has 1 aromatic heterocycles. The predicted molar refractivity (Wildman–Crippen MR) is 96.5 cm³/mol. The number of anilines is 1. The first-order valence-corrected chi connectivity index (χ1v) is 8.29. The summed E-state index contributed by atoms with van der Waals surface area (Å²) < 4.78 is 7.76. The van der Waals surface area contributed by atoms with Gasteiger partial charge in [-0.05, 0) is 41.1 Å². The molecule has 1 amide bonds. The molecule has 3 rings (SSSR count). The molecule has 1 heterocycles. The van der Waals surface area contributed by atoms with Gasteiger partial charge < -0.3 is 10.1 Å². The second-order valence-corrected chi connectivity index (χ2v) is 5.56. The average molecular weight is 353 g/mol. The van der Waals surface area contributed by atoms with Crippen LogP contribution < -0.4 is 15.7 Å². The number of para-hydroxylation sites is 3. The molecule has 0 unspecified atom stereocenters. The number of hydrogen-bond acceptors (Lipinski definition) is 5. The molecule has 0 radical (unpaired) electrons. The van der Waals surface area contributed by atoms with Crippen LogP contribution in [0.2, 0.25) is 0 Å². The first-order valence-electron chi connectivity index (χ1n) is 8.29. The van der Waals surface area contributed by atoms with E-state index in [4.69, 9.17) is 4.74 Å². The Morgan fingerprint density at radius 3 is 2.58 bits per heavy atom. The van der Waals surface area contributed by atoms with Gasteiger partial charge in [-0.3, -0.25) is 4.79 Å². The van der Waals surface area contributed by atoms with E-state index in [2.05, 4.69) is 15.7 Å². The normalized spacial score (nSPS) is 10.5. The van der Waals surface area contributed by atoms with Crippen LogP contribution in [0, 0.1) is 0 Å². The molecule has 0 aliphatic heterocycles. The zero-order valence-corrected chi connectivity index (χ0v) is 14.3. The van der Waals surface area contributed by atoms with Gasteiger partial charge in [0.05, 0.1) is 18.0 Å². The number of aromatic nitrogens is 4. The molecule has 0 aliphatic carbocycles. The Balaban J connectivity index is 1.72. The Bertz CT molecular complexity index is 933. The summed E-state index contributed by atoms with van der Waals surface area (Å²) in [5, 5.41) is 10.3. The summed E-state index contributed by atoms with van der Waals surface area (Å²) in [4.78, 5) is 24.7. The van der Waals surface area contributed by atoms with Crippen molar-refractivity contribution in [3.8, 4) is 11.4 Å². The lowest BCUT2D eigenvalue weighted by Crippen LogP contribution is -2.29. The van der Waals surface area contributed by atoms with Gasteiger partial charge in [-0.15, -0.1) is 0 Å². The predicted octanol–water partition coefficient (Wildman–Crippen LogP) is 1.86. The van der Waals surface area contributed by atoms with Gasteiger partial charge in [-0.25, -0.2) is 4.79 Å². The summed E-state index contributed by atoms with van der Waals surface area (Å²) in [6, 6.07) is 16.0. The molecular formula is C18H19N5O3. The summed E-state index contributed by atoms with van der Waals surface area (Å²) in [5.74, 6) is 0.197. The molecule has 0 saturated carbocycles. The Morgan fingerprint density at radius 2 is 1.81 bits per heavy atom. The number of nitrogens with one attached hydrogen (secondary N) is 1. The van der Waals surface area contributed by atoms with Crippen molar-refractivity contribution in [1.29, 1.82) is 0 Å². The molecule has 0 aliphatic rings. The van der Waals surface area contributed by atoms with E-state index < -0.39 is 5.69 Å². The van der Waals surface area contributed by atoms with Gasteiger partial charge in [0, 0.05) is 0 Å². The molecule has 3 aromatic rings. The summed E-state index contributed by atoms with van der Waals surface area (Å²) in [6.45, 7) is 2.31. The average Bonchev–Trinajstić information content (AvgIpc) is 3.02. The highest BCUT2D eigenvalue weighted by Gasteiger charge is 2.13. The summed E-state index contributed by atoms with van der Waals surface area (Å²) in [6.07, 6.45) is 0.861. The van der Waals surface area contributed by atoms with Crippen LogP contribution >= 0.6 is 0 Å². The number of amides is 1.